The number of carbonyl (C=O) groups is 1. The average molecular weight is 413 g/mol. The molecule has 1 fully saturated rings. The van der Waals surface area contributed by atoms with Gasteiger partial charge < -0.3 is 4.90 Å². The minimum atomic E-state index is -0.255. The summed E-state index contributed by atoms with van der Waals surface area (Å²) in [4.78, 5) is 19.4. The molecule has 6 heteroatoms. The lowest BCUT2D eigenvalue weighted by Crippen LogP contribution is -2.32. The molecule has 144 valence electrons. The Balaban J connectivity index is 1.41. The highest BCUT2D eigenvalue weighted by Crippen LogP contribution is 2.30. The third kappa shape index (κ3) is 4.80. The van der Waals surface area contributed by atoms with Crippen molar-refractivity contribution in [2.24, 2.45) is 0 Å². The van der Waals surface area contributed by atoms with Gasteiger partial charge >= 0.3 is 0 Å². The van der Waals surface area contributed by atoms with Crippen LogP contribution in [0.5, 0.6) is 0 Å². The largest absolute Gasteiger partial charge is 0.331 e. The highest BCUT2D eigenvalue weighted by molar-refractivity contribution is 8.00. The quantitative estimate of drug-likeness (QED) is 0.468. The molecule has 1 saturated carbocycles. The molecule has 1 amide bonds. The molecule has 1 heterocycles. The summed E-state index contributed by atoms with van der Waals surface area (Å²) < 4.78 is 14.2. The van der Waals surface area contributed by atoms with Gasteiger partial charge in [0.25, 0.3) is 5.91 Å². The van der Waals surface area contributed by atoms with Crippen molar-refractivity contribution < 1.29 is 9.18 Å². The standard InChI is InChI=1S/C22H21FN2OS2/c1-15-13-27-22(24-15)28-14-17-2-6-18(7-3-17)21(26)25(20-10-11-20)12-16-4-8-19(23)9-5-16/h2-9,13,20H,10-12,14H2,1H3. The number of rotatable bonds is 7. The number of thioether (sulfide) groups is 1. The normalized spacial score (nSPS) is 13.5. The molecule has 0 unspecified atom stereocenters. The summed E-state index contributed by atoms with van der Waals surface area (Å²) in [6, 6.07) is 14.5. The maximum absolute atomic E-state index is 13.1. The van der Waals surface area contributed by atoms with Crippen LogP contribution in [0.3, 0.4) is 0 Å². The monoisotopic (exact) mass is 412 g/mol. The predicted octanol–water partition coefficient (Wildman–Crippen LogP) is 5.69. The van der Waals surface area contributed by atoms with E-state index in [2.05, 4.69) is 10.4 Å². The number of hydrogen-bond acceptors (Lipinski definition) is 4. The molecule has 3 nitrogen and oxygen atoms in total. The summed E-state index contributed by atoms with van der Waals surface area (Å²) in [5.41, 5.74) is 3.88. The number of thiazole rings is 1. The molecule has 4 rings (SSSR count). The Morgan fingerprint density at radius 2 is 1.82 bits per heavy atom. The van der Waals surface area contributed by atoms with Gasteiger partial charge in [0.2, 0.25) is 0 Å². The molecule has 0 spiro atoms. The van der Waals surface area contributed by atoms with Gasteiger partial charge in [0.15, 0.2) is 0 Å². The molecular formula is C22H21FN2OS2. The van der Waals surface area contributed by atoms with E-state index in [4.69, 9.17) is 0 Å². The van der Waals surface area contributed by atoms with E-state index in [-0.39, 0.29) is 11.7 Å². The minimum Gasteiger partial charge on any atom is -0.331 e. The Kier molecular flexibility index (Phi) is 5.78. The van der Waals surface area contributed by atoms with E-state index >= 15 is 0 Å². The zero-order chi connectivity index (χ0) is 19.5. The lowest BCUT2D eigenvalue weighted by molar-refractivity contribution is 0.0730. The number of aryl methyl sites for hydroxylation is 1. The lowest BCUT2D eigenvalue weighted by atomic mass is 10.1. The first-order valence-electron chi connectivity index (χ1n) is 9.28. The predicted molar refractivity (Wildman–Crippen MR) is 112 cm³/mol. The van der Waals surface area contributed by atoms with Gasteiger partial charge in [0, 0.05) is 35.0 Å². The molecule has 3 aromatic rings. The number of benzene rings is 2. The molecule has 1 aliphatic rings. The number of carbonyl (C=O) groups excluding carboxylic acids is 1. The summed E-state index contributed by atoms with van der Waals surface area (Å²) >= 11 is 3.37. The van der Waals surface area contributed by atoms with Crippen LogP contribution in [0.4, 0.5) is 4.39 Å². The third-order valence-corrected chi connectivity index (χ3v) is 6.89. The van der Waals surface area contributed by atoms with E-state index in [0.717, 1.165) is 34.2 Å². The zero-order valence-electron chi connectivity index (χ0n) is 15.6. The van der Waals surface area contributed by atoms with Crippen molar-refractivity contribution in [2.75, 3.05) is 0 Å². The molecule has 28 heavy (non-hydrogen) atoms. The molecule has 2 aromatic carbocycles. The first-order valence-corrected chi connectivity index (χ1v) is 11.1. The first-order chi connectivity index (χ1) is 13.6. The van der Waals surface area contributed by atoms with Crippen molar-refractivity contribution in [3.63, 3.8) is 0 Å². The Labute approximate surface area is 172 Å². The van der Waals surface area contributed by atoms with Crippen LogP contribution in [0, 0.1) is 12.7 Å². The number of aromatic nitrogens is 1. The van der Waals surface area contributed by atoms with Crippen molar-refractivity contribution >= 4 is 29.0 Å². The summed E-state index contributed by atoms with van der Waals surface area (Å²) in [5, 5.41) is 2.05. The Hall–Kier alpha value is -2.18. The molecule has 1 aromatic heterocycles. The van der Waals surface area contributed by atoms with Crippen LogP contribution in [-0.4, -0.2) is 21.8 Å². The fraction of sp³-hybridized carbons (Fsp3) is 0.273. The number of hydrogen-bond donors (Lipinski definition) is 0. The fourth-order valence-corrected chi connectivity index (χ4v) is 4.80. The second kappa shape index (κ2) is 8.45. The number of nitrogens with zero attached hydrogens (tertiary/aromatic N) is 2. The van der Waals surface area contributed by atoms with E-state index in [1.807, 2.05) is 36.1 Å². The van der Waals surface area contributed by atoms with Crippen LogP contribution in [0.1, 0.15) is 40.0 Å². The van der Waals surface area contributed by atoms with Gasteiger partial charge in [0.1, 0.15) is 10.2 Å². The van der Waals surface area contributed by atoms with E-state index in [0.29, 0.717) is 18.2 Å². The number of amides is 1. The first kappa shape index (κ1) is 19.2. The highest BCUT2D eigenvalue weighted by atomic mass is 32.2. The van der Waals surface area contributed by atoms with Crippen LogP contribution in [-0.2, 0) is 12.3 Å². The van der Waals surface area contributed by atoms with Crippen LogP contribution >= 0.6 is 23.1 Å². The maximum atomic E-state index is 13.1. The van der Waals surface area contributed by atoms with Gasteiger partial charge in [-0.25, -0.2) is 9.37 Å². The van der Waals surface area contributed by atoms with Gasteiger partial charge in [-0.15, -0.1) is 11.3 Å². The Bertz CT molecular complexity index is 949. The zero-order valence-corrected chi connectivity index (χ0v) is 17.2. The second-order valence-corrected chi connectivity index (χ2v) is 9.11. The summed E-state index contributed by atoms with van der Waals surface area (Å²) in [6.45, 7) is 2.52. The van der Waals surface area contributed by atoms with Gasteiger partial charge in [-0.1, -0.05) is 36.0 Å². The Morgan fingerprint density at radius 3 is 2.43 bits per heavy atom. The molecule has 0 aliphatic heterocycles. The lowest BCUT2D eigenvalue weighted by Gasteiger charge is -2.23. The second-order valence-electron chi connectivity index (χ2n) is 7.03. The van der Waals surface area contributed by atoms with Crippen LogP contribution in [0.25, 0.3) is 0 Å². The molecule has 0 bridgehead atoms. The van der Waals surface area contributed by atoms with E-state index in [1.54, 1.807) is 35.2 Å². The summed E-state index contributed by atoms with van der Waals surface area (Å²) in [7, 11) is 0. The van der Waals surface area contributed by atoms with Gasteiger partial charge in [-0.05, 0) is 55.2 Å². The fourth-order valence-electron chi connectivity index (χ4n) is 2.99. The van der Waals surface area contributed by atoms with Gasteiger partial charge in [0.05, 0.1) is 0 Å². The smallest absolute Gasteiger partial charge is 0.254 e. The highest BCUT2D eigenvalue weighted by Gasteiger charge is 2.33. The van der Waals surface area contributed by atoms with Crippen LogP contribution in [0.2, 0.25) is 0 Å². The number of halogens is 1. The van der Waals surface area contributed by atoms with Crippen molar-refractivity contribution in [1.82, 2.24) is 9.88 Å². The van der Waals surface area contributed by atoms with Crippen molar-refractivity contribution in [2.45, 2.75) is 42.4 Å². The van der Waals surface area contributed by atoms with Gasteiger partial charge in [-0.3, -0.25) is 4.79 Å². The molecular weight excluding hydrogens is 391 g/mol. The van der Waals surface area contributed by atoms with Crippen molar-refractivity contribution in [3.05, 3.63) is 82.1 Å². The van der Waals surface area contributed by atoms with Gasteiger partial charge in [-0.2, -0.15) is 0 Å². The average Bonchev–Trinajstić information content (AvgIpc) is 3.47. The van der Waals surface area contributed by atoms with E-state index < -0.39 is 0 Å². The van der Waals surface area contributed by atoms with Crippen LogP contribution < -0.4 is 0 Å². The summed E-state index contributed by atoms with van der Waals surface area (Å²) in [6.07, 6.45) is 2.07. The molecule has 1 aliphatic carbocycles. The van der Waals surface area contributed by atoms with Crippen molar-refractivity contribution in [3.8, 4) is 0 Å². The molecule has 0 radical (unpaired) electrons. The maximum Gasteiger partial charge on any atom is 0.254 e. The molecule has 0 atom stereocenters. The third-order valence-electron chi connectivity index (χ3n) is 4.68. The minimum absolute atomic E-state index is 0.0431. The summed E-state index contributed by atoms with van der Waals surface area (Å²) in [5.74, 6) is 0.625. The van der Waals surface area contributed by atoms with Crippen molar-refractivity contribution in [1.29, 1.82) is 0 Å². The molecule has 0 saturated heterocycles. The van der Waals surface area contributed by atoms with E-state index in [1.165, 1.54) is 17.7 Å². The molecule has 0 N–H and O–H groups in total. The van der Waals surface area contributed by atoms with Crippen LogP contribution in [0.15, 0.2) is 58.3 Å². The van der Waals surface area contributed by atoms with E-state index in [9.17, 15) is 9.18 Å². The topological polar surface area (TPSA) is 33.2 Å². The SMILES string of the molecule is Cc1csc(SCc2ccc(C(=O)N(Cc3ccc(F)cc3)C3CC3)cc2)n1. The Morgan fingerprint density at radius 1 is 1.14 bits per heavy atom.